The van der Waals surface area contributed by atoms with E-state index in [1.807, 2.05) is 13.8 Å². The van der Waals surface area contributed by atoms with Gasteiger partial charge in [-0.05, 0) is 49.2 Å². The molecule has 0 atom stereocenters. The van der Waals surface area contributed by atoms with Gasteiger partial charge >= 0.3 is 6.18 Å². The number of aryl methyl sites for hydroxylation is 2. The second kappa shape index (κ2) is 6.74. The van der Waals surface area contributed by atoms with Crippen LogP contribution in [0.3, 0.4) is 0 Å². The van der Waals surface area contributed by atoms with Crippen molar-refractivity contribution < 1.29 is 27.5 Å². The van der Waals surface area contributed by atoms with Crippen molar-refractivity contribution in [2.24, 2.45) is 4.99 Å². The highest BCUT2D eigenvalue weighted by Crippen LogP contribution is 2.26. The number of halogens is 3. The Morgan fingerprint density at radius 3 is 2.46 bits per heavy atom. The maximum atomic E-state index is 12.8. The Morgan fingerprint density at radius 2 is 1.92 bits per heavy atom. The Labute approximate surface area is 135 Å². The first-order valence-corrected chi connectivity index (χ1v) is 6.90. The van der Waals surface area contributed by atoms with Gasteiger partial charge in [-0.15, -0.1) is 0 Å². The summed E-state index contributed by atoms with van der Waals surface area (Å²) < 4.78 is 43.1. The van der Waals surface area contributed by atoms with Crippen LogP contribution in [-0.4, -0.2) is 23.3 Å². The molecule has 0 saturated carbocycles. The van der Waals surface area contributed by atoms with Gasteiger partial charge in [-0.25, -0.2) is 0 Å². The quantitative estimate of drug-likeness (QED) is 0.500. The van der Waals surface area contributed by atoms with E-state index in [1.165, 1.54) is 18.4 Å². The van der Waals surface area contributed by atoms with Gasteiger partial charge in [-0.2, -0.15) is 13.2 Å². The van der Waals surface area contributed by atoms with Gasteiger partial charge < -0.3 is 9.52 Å². The predicted octanol–water partition coefficient (Wildman–Crippen LogP) is 4.70. The number of alkyl halides is 3. The normalized spacial score (nSPS) is 13.2. The number of Topliss-reactive ketones (excluding diaryl/α,β-unsaturated/α-hetero) is 1. The number of allylic oxidation sites excluding steroid dienone is 1. The zero-order valence-corrected chi connectivity index (χ0v) is 12.9. The van der Waals surface area contributed by atoms with Gasteiger partial charge in [0.2, 0.25) is 0 Å². The molecule has 2 aromatic rings. The van der Waals surface area contributed by atoms with Crippen LogP contribution in [0.15, 0.2) is 51.6 Å². The lowest BCUT2D eigenvalue weighted by atomic mass is 10.1. The van der Waals surface area contributed by atoms with Crippen LogP contribution in [0.1, 0.15) is 16.9 Å². The van der Waals surface area contributed by atoms with E-state index in [0.717, 1.165) is 11.1 Å². The van der Waals surface area contributed by atoms with Crippen molar-refractivity contribution in [2.75, 3.05) is 0 Å². The number of carbonyl (C=O) groups is 1. The molecule has 0 saturated heterocycles. The van der Waals surface area contributed by atoms with Crippen molar-refractivity contribution in [3.63, 3.8) is 0 Å². The van der Waals surface area contributed by atoms with Crippen LogP contribution in [0.5, 0.6) is 0 Å². The van der Waals surface area contributed by atoms with Gasteiger partial charge in [0.05, 0.1) is 17.5 Å². The van der Waals surface area contributed by atoms with Crippen LogP contribution >= 0.6 is 0 Å². The number of benzene rings is 1. The number of carbonyl (C=O) groups excluding carboxylic acids is 1. The van der Waals surface area contributed by atoms with Gasteiger partial charge in [0.15, 0.2) is 11.5 Å². The Kier molecular flexibility index (Phi) is 4.92. The SMILES string of the molecule is Cc1ccc(N=C/C(C(=O)C(F)(F)F)=C(/O)c2ccco2)cc1C. The number of aliphatic hydroxyl groups excluding tert-OH is 1. The molecule has 1 N–H and O–H groups in total. The predicted molar refractivity (Wildman–Crippen MR) is 83.4 cm³/mol. The average Bonchev–Trinajstić information content (AvgIpc) is 3.04. The topological polar surface area (TPSA) is 62.8 Å². The van der Waals surface area contributed by atoms with E-state index in [0.29, 0.717) is 11.9 Å². The highest BCUT2D eigenvalue weighted by Gasteiger charge is 2.42. The molecule has 0 radical (unpaired) electrons. The van der Waals surface area contributed by atoms with Crippen LogP contribution in [0.25, 0.3) is 5.76 Å². The molecule has 0 unspecified atom stereocenters. The van der Waals surface area contributed by atoms with E-state index in [1.54, 1.807) is 18.2 Å². The molecule has 0 aliphatic rings. The smallest absolute Gasteiger partial charge is 0.455 e. The molecule has 0 aliphatic heterocycles. The van der Waals surface area contributed by atoms with Crippen LogP contribution < -0.4 is 0 Å². The molecule has 0 amide bonds. The van der Waals surface area contributed by atoms with Crippen molar-refractivity contribution in [1.82, 2.24) is 0 Å². The highest BCUT2D eigenvalue weighted by atomic mass is 19.4. The first kappa shape index (κ1) is 17.5. The lowest BCUT2D eigenvalue weighted by Crippen LogP contribution is -2.26. The summed E-state index contributed by atoms with van der Waals surface area (Å²) in [7, 11) is 0. The molecule has 126 valence electrons. The monoisotopic (exact) mass is 337 g/mol. The first-order valence-electron chi connectivity index (χ1n) is 6.90. The van der Waals surface area contributed by atoms with Gasteiger partial charge in [0.1, 0.15) is 0 Å². The van der Waals surface area contributed by atoms with Crippen molar-refractivity contribution in [2.45, 2.75) is 20.0 Å². The summed E-state index contributed by atoms with van der Waals surface area (Å²) in [6, 6.07) is 7.62. The lowest BCUT2D eigenvalue weighted by molar-refractivity contribution is -0.165. The largest absolute Gasteiger partial charge is 0.504 e. The molecule has 1 aromatic heterocycles. The molecule has 1 heterocycles. The summed E-state index contributed by atoms with van der Waals surface area (Å²) >= 11 is 0. The molecule has 0 fully saturated rings. The zero-order valence-electron chi connectivity index (χ0n) is 12.9. The number of rotatable bonds is 4. The minimum atomic E-state index is -5.15. The zero-order chi connectivity index (χ0) is 17.9. The average molecular weight is 337 g/mol. The Morgan fingerprint density at radius 1 is 1.21 bits per heavy atom. The van der Waals surface area contributed by atoms with Gasteiger partial charge in [0, 0.05) is 6.21 Å². The molecular weight excluding hydrogens is 323 g/mol. The van der Waals surface area contributed by atoms with Crippen LogP contribution in [-0.2, 0) is 4.79 Å². The minimum absolute atomic E-state index is 0.255. The third-order valence-electron chi connectivity index (χ3n) is 3.34. The molecule has 1 aromatic carbocycles. The molecule has 7 heteroatoms. The van der Waals surface area contributed by atoms with E-state index in [-0.39, 0.29) is 5.76 Å². The van der Waals surface area contributed by atoms with E-state index < -0.39 is 23.3 Å². The number of aliphatic imine (C=N–C) groups is 1. The van der Waals surface area contributed by atoms with Crippen molar-refractivity contribution in [3.8, 4) is 0 Å². The molecule has 0 spiro atoms. The maximum absolute atomic E-state index is 12.8. The molecule has 2 rings (SSSR count). The van der Waals surface area contributed by atoms with Crippen LogP contribution in [0.4, 0.5) is 18.9 Å². The molecular formula is C17H14F3NO3. The maximum Gasteiger partial charge on any atom is 0.455 e. The van der Waals surface area contributed by atoms with E-state index in [9.17, 15) is 23.1 Å². The van der Waals surface area contributed by atoms with Crippen LogP contribution in [0, 0.1) is 13.8 Å². The molecule has 4 nitrogen and oxygen atoms in total. The fraction of sp³-hybridized carbons (Fsp3) is 0.176. The van der Waals surface area contributed by atoms with Crippen molar-refractivity contribution in [1.29, 1.82) is 0 Å². The third kappa shape index (κ3) is 3.92. The summed E-state index contributed by atoms with van der Waals surface area (Å²) in [6.45, 7) is 3.70. The Hall–Kier alpha value is -2.83. The van der Waals surface area contributed by atoms with Gasteiger partial charge in [-0.1, -0.05) is 6.07 Å². The van der Waals surface area contributed by atoms with Crippen molar-refractivity contribution in [3.05, 3.63) is 59.1 Å². The molecule has 0 aliphatic carbocycles. The summed E-state index contributed by atoms with van der Waals surface area (Å²) in [4.78, 5) is 15.4. The Balaban J connectivity index is 2.47. The lowest BCUT2D eigenvalue weighted by Gasteiger charge is -2.07. The number of furan rings is 1. The van der Waals surface area contributed by atoms with E-state index in [4.69, 9.17) is 4.42 Å². The summed E-state index contributed by atoms with van der Waals surface area (Å²) in [5, 5.41) is 9.95. The van der Waals surface area contributed by atoms with Gasteiger partial charge in [0.25, 0.3) is 5.78 Å². The number of nitrogens with zero attached hydrogens (tertiary/aromatic N) is 1. The van der Waals surface area contributed by atoms with Gasteiger partial charge in [-0.3, -0.25) is 9.79 Å². The van der Waals surface area contributed by atoms with E-state index >= 15 is 0 Å². The Bertz CT molecular complexity index is 803. The summed E-state index contributed by atoms with van der Waals surface area (Å²) in [5.41, 5.74) is 1.26. The number of ketones is 1. The van der Waals surface area contributed by atoms with Crippen molar-refractivity contribution >= 4 is 23.4 Å². The fourth-order valence-corrected chi connectivity index (χ4v) is 1.87. The molecule has 24 heavy (non-hydrogen) atoms. The van der Waals surface area contributed by atoms with E-state index in [2.05, 4.69) is 4.99 Å². The second-order valence-corrected chi connectivity index (χ2v) is 5.09. The first-order chi connectivity index (χ1) is 11.2. The standard InChI is InChI=1S/C17H14F3NO3/c1-10-5-6-12(8-11(10)2)21-9-13(16(23)17(18,19)20)15(22)14-4-3-7-24-14/h3-9,22H,1-2H3/b15-13-,21-9?. The second-order valence-electron chi connectivity index (χ2n) is 5.09. The number of hydrogen-bond acceptors (Lipinski definition) is 4. The number of hydrogen-bond donors (Lipinski definition) is 1. The number of aliphatic hydroxyl groups is 1. The third-order valence-corrected chi connectivity index (χ3v) is 3.34. The fourth-order valence-electron chi connectivity index (χ4n) is 1.87. The highest BCUT2D eigenvalue weighted by molar-refractivity contribution is 6.20. The van der Waals surface area contributed by atoms with Crippen LogP contribution in [0.2, 0.25) is 0 Å². The summed E-state index contributed by atoms with van der Waals surface area (Å²) in [5.74, 6) is -3.38. The summed E-state index contributed by atoms with van der Waals surface area (Å²) in [6.07, 6.45) is -3.29. The minimum Gasteiger partial charge on any atom is -0.504 e. The molecule has 0 bridgehead atoms.